The molecule has 3 aromatic rings. The Morgan fingerprint density at radius 2 is 1.96 bits per heavy atom. The van der Waals surface area contributed by atoms with Crippen molar-refractivity contribution >= 4 is 58.2 Å². The molecule has 1 aromatic heterocycles. The molecule has 1 heterocycles. The highest BCUT2D eigenvalue weighted by molar-refractivity contribution is 7.99. The van der Waals surface area contributed by atoms with Gasteiger partial charge in [0.05, 0.1) is 16.5 Å². The number of carbonyl (C=O) groups is 2. The number of hydrogen-bond acceptors (Lipinski definition) is 5. The molecule has 0 aliphatic heterocycles. The number of nitrogens with one attached hydrogen (secondary N) is 3. The van der Waals surface area contributed by atoms with Gasteiger partial charge in [-0.1, -0.05) is 47.1 Å². The number of anilines is 2. The Balaban J connectivity index is 1.60. The second-order valence-electron chi connectivity index (χ2n) is 5.69. The van der Waals surface area contributed by atoms with Crippen LogP contribution in [0.1, 0.15) is 6.92 Å². The van der Waals surface area contributed by atoms with E-state index >= 15 is 0 Å². The van der Waals surface area contributed by atoms with Gasteiger partial charge in [-0.25, -0.2) is 4.98 Å². The standard InChI is InChI=1S/C18H15Cl2N5O2S/c1-10(26)21-13-4-2-3-11(7-13)17-23-18(25-24-17)28-9-16(27)22-15-6-5-12(19)8-14(15)20/h2-8H,9H2,1H3,(H,21,26)(H,22,27)(H,23,24,25). The molecule has 0 spiro atoms. The molecule has 0 saturated carbocycles. The van der Waals surface area contributed by atoms with Gasteiger partial charge in [0.2, 0.25) is 17.0 Å². The van der Waals surface area contributed by atoms with Crippen LogP contribution in [0.3, 0.4) is 0 Å². The van der Waals surface area contributed by atoms with Crippen LogP contribution in [0.15, 0.2) is 47.6 Å². The normalized spacial score (nSPS) is 10.5. The molecule has 0 bridgehead atoms. The number of hydrogen-bond donors (Lipinski definition) is 3. The van der Waals surface area contributed by atoms with Crippen molar-refractivity contribution in [1.29, 1.82) is 0 Å². The zero-order valence-corrected chi connectivity index (χ0v) is 17.0. The Morgan fingerprint density at radius 1 is 1.14 bits per heavy atom. The summed E-state index contributed by atoms with van der Waals surface area (Å²) in [5, 5.41) is 13.7. The maximum atomic E-state index is 12.1. The Hall–Kier alpha value is -2.55. The topological polar surface area (TPSA) is 99.8 Å². The number of H-pyrrole nitrogens is 1. The van der Waals surface area contributed by atoms with Crippen LogP contribution in [0.2, 0.25) is 10.0 Å². The van der Waals surface area contributed by atoms with Crippen LogP contribution in [-0.4, -0.2) is 32.7 Å². The first-order valence-electron chi connectivity index (χ1n) is 8.09. The molecule has 0 atom stereocenters. The average molecular weight is 436 g/mol. The van der Waals surface area contributed by atoms with E-state index < -0.39 is 0 Å². The van der Waals surface area contributed by atoms with E-state index in [0.717, 1.165) is 5.56 Å². The van der Waals surface area contributed by atoms with Crippen molar-refractivity contribution in [2.75, 3.05) is 16.4 Å². The molecule has 28 heavy (non-hydrogen) atoms. The van der Waals surface area contributed by atoms with Gasteiger partial charge < -0.3 is 10.6 Å². The van der Waals surface area contributed by atoms with Crippen molar-refractivity contribution in [2.45, 2.75) is 12.1 Å². The molecule has 0 aliphatic carbocycles. The van der Waals surface area contributed by atoms with E-state index in [0.29, 0.717) is 32.4 Å². The maximum absolute atomic E-state index is 12.1. The first-order valence-corrected chi connectivity index (χ1v) is 9.83. The largest absolute Gasteiger partial charge is 0.326 e. The summed E-state index contributed by atoms with van der Waals surface area (Å²) >= 11 is 13.1. The molecule has 0 fully saturated rings. The molecule has 10 heteroatoms. The molecular weight excluding hydrogens is 421 g/mol. The third-order valence-electron chi connectivity index (χ3n) is 3.46. The number of aromatic amines is 1. The lowest BCUT2D eigenvalue weighted by atomic mass is 10.2. The Labute approximate surface area is 175 Å². The van der Waals surface area contributed by atoms with Gasteiger partial charge in [0.1, 0.15) is 0 Å². The van der Waals surface area contributed by atoms with Crippen LogP contribution in [-0.2, 0) is 9.59 Å². The first kappa shape index (κ1) is 20.2. The molecular formula is C18H15Cl2N5O2S. The molecule has 0 saturated heterocycles. The highest BCUT2D eigenvalue weighted by Gasteiger charge is 2.11. The van der Waals surface area contributed by atoms with Crippen molar-refractivity contribution in [3.05, 3.63) is 52.5 Å². The Bertz CT molecular complexity index is 1020. The summed E-state index contributed by atoms with van der Waals surface area (Å²) in [6, 6.07) is 12.1. The number of carbonyl (C=O) groups excluding carboxylic acids is 2. The van der Waals surface area contributed by atoms with Crippen LogP contribution in [0.25, 0.3) is 11.4 Å². The van der Waals surface area contributed by atoms with Crippen LogP contribution < -0.4 is 10.6 Å². The van der Waals surface area contributed by atoms with E-state index in [4.69, 9.17) is 23.2 Å². The number of benzene rings is 2. The molecule has 7 nitrogen and oxygen atoms in total. The van der Waals surface area contributed by atoms with Gasteiger partial charge in [-0.05, 0) is 30.3 Å². The molecule has 2 aromatic carbocycles. The second-order valence-corrected chi connectivity index (χ2v) is 7.48. The first-order chi connectivity index (χ1) is 13.4. The average Bonchev–Trinajstić information content (AvgIpc) is 3.11. The van der Waals surface area contributed by atoms with Crippen molar-refractivity contribution in [3.63, 3.8) is 0 Å². The van der Waals surface area contributed by atoms with Gasteiger partial charge in [0.25, 0.3) is 0 Å². The minimum Gasteiger partial charge on any atom is -0.326 e. The molecule has 0 unspecified atom stereocenters. The summed E-state index contributed by atoms with van der Waals surface area (Å²) in [6.07, 6.45) is 0. The zero-order chi connectivity index (χ0) is 20.1. The fraction of sp³-hybridized carbons (Fsp3) is 0.111. The zero-order valence-electron chi connectivity index (χ0n) is 14.6. The van der Waals surface area contributed by atoms with Crippen molar-refractivity contribution < 1.29 is 9.59 Å². The summed E-state index contributed by atoms with van der Waals surface area (Å²) in [6.45, 7) is 1.44. The molecule has 3 rings (SSSR count). The van der Waals surface area contributed by atoms with E-state index in [1.54, 1.807) is 36.4 Å². The summed E-state index contributed by atoms with van der Waals surface area (Å²) in [7, 11) is 0. The minimum atomic E-state index is -0.242. The van der Waals surface area contributed by atoms with Crippen LogP contribution in [0.5, 0.6) is 0 Å². The van der Waals surface area contributed by atoms with Gasteiger partial charge in [0.15, 0.2) is 5.82 Å². The number of rotatable bonds is 6. The fourth-order valence-electron chi connectivity index (χ4n) is 2.29. The lowest BCUT2D eigenvalue weighted by Crippen LogP contribution is -2.14. The third-order valence-corrected chi connectivity index (χ3v) is 4.85. The maximum Gasteiger partial charge on any atom is 0.234 e. The monoisotopic (exact) mass is 435 g/mol. The van der Waals surface area contributed by atoms with Crippen molar-refractivity contribution in [3.8, 4) is 11.4 Å². The molecule has 0 aliphatic rings. The fourth-order valence-corrected chi connectivity index (χ4v) is 3.35. The quantitative estimate of drug-likeness (QED) is 0.496. The molecule has 0 radical (unpaired) electrons. The predicted molar refractivity (Wildman–Crippen MR) is 112 cm³/mol. The number of amides is 2. The summed E-state index contributed by atoms with van der Waals surface area (Å²) in [5.41, 5.74) is 1.92. The predicted octanol–water partition coefficient (Wildman–Crippen LogP) is 4.47. The Morgan fingerprint density at radius 3 is 2.71 bits per heavy atom. The van der Waals surface area contributed by atoms with Crippen LogP contribution in [0, 0.1) is 0 Å². The van der Waals surface area contributed by atoms with Crippen LogP contribution >= 0.6 is 35.0 Å². The van der Waals surface area contributed by atoms with Gasteiger partial charge in [-0.15, -0.1) is 5.10 Å². The third kappa shape index (κ3) is 5.48. The SMILES string of the molecule is CC(=O)Nc1cccc(-c2nc(SCC(=O)Nc3ccc(Cl)cc3Cl)n[nH]2)c1. The summed E-state index contributed by atoms with van der Waals surface area (Å²) < 4.78 is 0. The Kier molecular flexibility index (Phi) is 6.56. The number of thioether (sulfide) groups is 1. The number of aromatic nitrogens is 3. The summed E-state index contributed by atoms with van der Waals surface area (Å²) in [4.78, 5) is 27.7. The van der Waals surface area contributed by atoms with Gasteiger partial charge >= 0.3 is 0 Å². The number of nitrogens with zero attached hydrogens (tertiary/aromatic N) is 2. The smallest absolute Gasteiger partial charge is 0.234 e. The molecule has 2 amide bonds. The van der Waals surface area contributed by atoms with Crippen molar-refractivity contribution in [2.24, 2.45) is 0 Å². The van der Waals surface area contributed by atoms with E-state index in [9.17, 15) is 9.59 Å². The molecule has 3 N–H and O–H groups in total. The lowest BCUT2D eigenvalue weighted by molar-refractivity contribution is -0.114. The van der Waals surface area contributed by atoms with E-state index in [1.807, 2.05) is 6.07 Å². The highest BCUT2D eigenvalue weighted by atomic mass is 35.5. The van der Waals surface area contributed by atoms with E-state index in [2.05, 4.69) is 25.8 Å². The highest BCUT2D eigenvalue weighted by Crippen LogP contribution is 2.26. The second kappa shape index (κ2) is 9.09. The van der Waals surface area contributed by atoms with Gasteiger partial charge in [0, 0.05) is 23.2 Å². The van der Waals surface area contributed by atoms with Gasteiger partial charge in [-0.2, -0.15) is 0 Å². The van der Waals surface area contributed by atoms with Crippen LogP contribution in [0.4, 0.5) is 11.4 Å². The van der Waals surface area contributed by atoms with E-state index in [-0.39, 0.29) is 17.6 Å². The van der Waals surface area contributed by atoms with Gasteiger partial charge in [-0.3, -0.25) is 14.7 Å². The minimum absolute atomic E-state index is 0.113. The number of halogens is 2. The van der Waals surface area contributed by atoms with Crippen molar-refractivity contribution in [1.82, 2.24) is 15.2 Å². The van der Waals surface area contributed by atoms with E-state index in [1.165, 1.54) is 18.7 Å². The lowest BCUT2D eigenvalue weighted by Gasteiger charge is -2.06. The summed E-state index contributed by atoms with van der Waals surface area (Å²) in [5.74, 6) is 0.254. The molecule has 144 valence electrons.